The molecule has 0 atom stereocenters. The Morgan fingerprint density at radius 1 is 0.912 bits per heavy atom. The van der Waals surface area contributed by atoms with E-state index in [9.17, 15) is 4.79 Å². The molecule has 178 valence electrons. The molecule has 0 saturated carbocycles. The van der Waals surface area contributed by atoms with Gasteiger partial charge in [0.1, 0.15) is 11.5 Å². The Bertz CT molecular complexity index is 1100. The standard InChI is InChI=1S/C25H26Cl2N4O3/c1-2-15-33-19-4-6-20(7-5-19)34-17-25(32)31-13-11-30(12-14-31)24-10-9-23(28-29-24)21-8-3-18(26)16-22(21)27/h3-10,16H,2,11-15,17H2,1H3. The van der Waals surface area contributed by atoms with E-state index in [4.69, 9.17) is 32.7 Å². The molecule has 1 saturated heterocycles. The predicted molar refractivity (Wildman–Crippen MR) is 134 cm³/mol. The number of carbonyl (C=O) groups excluding carboxylic acids is 1. The number of piperazine rings is 1. The first-order valence-corrected chi connectivity index (χ1v) is 12.0. The van der Waals surface area contributed by atoms with Crippen molar-refractivity contribution in [1.29, 1.82) is 0 Å². The van der Waals surface area contributed by atoms with Gasteiger partial charge in [0.2, 0.25) is 0 Å². The molecule has 34 heavy (non-hydrogen) atoms. The van der Waals surface area contributed by atoms with Gasteiger partial charge in [0.25, 0.3) is 5.91 Å². The highest BCUT2D eigenvalue weighted by molar-refractivity contribution is 6.36. The molecular formula is C25H26Cl2N4O3. The molecule has 2 aromatic carbocycles. The summed E-state index contributed by atoms with van der Waals surface area (Å²) in [5.41, 5.74) is 1.46. The van der Waals surface area contributed by atoms with Crippen LogP contribution in [0.15, 0.2) is 54.6 Å². The first kappa shape index (κ1) is 24.1. The van der Waals surface area contributed by atoms with Crippen molar-refractivity contribution in [2.24, 2.45) is 0 Å². The van der Waals surface area contributed by atoms with Gasteiger partial charge in [0, 0.05) is 36.8 Å². The smallest absolute Gasteiger partial charge is 0.260 e. The molecule has 1 aromatic heterocycles. The third-order valence-electron chi connectivity index (χ3n) is 5.47. The lowest BCUT2D eigenvalue weighted by molar-refractivity contribution is -0.133. The molecule has 7 nitrogen and oxygen atoms in total. The predicted octanol–water partition coefficient (Wildman–Crippen LogP) is 4.97. The van der Waals surface area contributed by atoms with Gasteiger partial charge in [-0.25, -0.2) is 0 Å². The highest BCUT2D eigenvalue weighted by Gasteiger charge is 2.22. The fourth-order valence-corrected chi connectivity index (χ4v) is 4.11. The number of anilines is 1. The largest absolute Gasteiger partial charge is 0.494 e. The second-order valence-electron chi connectivity index (χ2n) is 7.88. The number of hydrogen-bond acceptors (Lipinski definition) is 6. The highest BCUT2D eigenvalue weighted by Crippen LogP contribution is 2.29. The monoisotopic (exact) mass is 500 g/mol. The Morgan fingerprint density at radius 2 is 1.62 bits per heavy atom. The molecule has 0 radical (unpaired) electrons. The number of carbonyl (C=O) groups is 1. The number of amides is 1. The molecule has 1 amide bonds. The van der Waals surface area contributed by atoms with Crippen molar-refractivity contribution in [3.05, 3.63) is 64.6 Å². The van der Waals surface area contributed by atoms with Gasteiger partial charge < -0.3 is 19.3 Å². The Hall–Kier alpha value is -3.03. The van der Waals surface area contributed by atoms with Crippen molar-refractivity contribution < 1.29 is 14.3 Å². The van der Waals surface area contributed by atoms with Crippen molar-refractivity contribution in [3.63, 3.8) is 0 Å². The van der Waals surface area contributed by atoms with E-state index in [1.807, 2.05) is 47.4 Å². The number of rotatable bonds is 8. The summed E-state index contributed by atoms with van der Waals surface area (Å²) in [6.45, 7) is 5.28. The van der Waals surface area contributed by atoms with Crippen LogP contribution in [0, 0.1) is 0 Å². The van der Waals surface area contributed by atoms with Gasteiger partial charge in [-0.1, -0.05) is 30.1 Å². The molecule has 3 aromatic rings. The summed E-state index contributed by atoms with van der Waals surface area (Å²) in [6.07, 6.45) is 0.955. The molecule has 1 aliphatic heterocycles. The number of halogens is 2. The topological polar surface area (TPSA) is 67.8 Å². The van der Waals surface area contributed by atoms with Crippen LogP contribution in [-0.2, 0) is 4.79 Å². The Kier molecular flexibility index (Phi) is 8.08. The number of aromatic nitrogens is 2. The summed E-state index contributed by atoms with van der Waals surface area (Å²) < 4.78 is 11.2. The second kappa shape index (κ2) is 11.4. The summed E-state index contributed by atoms with van der Waals surface area (Å²) >= 11 is 12.2. The molecule has 1 aliphatic rings. The van der Waals surface area contributed by atoms with Crippen LogP contribution in [-0.4, -0.2) is 60.4 Å². The molecule has 2 heterocycles. The number of hydrogen-bond donors (Lipinski definition) is 0. The second-order valence-corrected chi connectivity index (χ2v) is 8.72. The lowest BCUT2D eigenvalue weighted by Gasteiger charge is -2.35. The van der Waals surface area contributed by atoms with Crippen LogP contribution in [0.5, 0.6) is 11.5 Å². The van der Waals surface area contributed by atoms with E-state index in [0.29, 0.717) is 54.3 Å². The quantitative estimate of drug-likeness (QED) is 0.435. The van der Waals surface area contributed by atoms with E-state index in [-0.39, 0.29) is 12.5 Å². The average Bonchev–Trinajstić information content (AvgIpc) is 2.87. The van der Waals surface area contributed by atoms with Crippen LogP contribution in [0.1, 0.15) is 13.3 Å². The summed E-state index contributed by atoms with van der Waals surface area (Å²) in [5, 5.41) is 9.79. The zero-order chi connectivity index (χ0) is 23.9. The van der Waals surface area contributed by atoms with Gasteiger partial charge in [0.15, 0.2) is 12.4 Å². The Balaban J connectivity index is 1.26. The summed E-state index contributed by atoms with van der Waals surface area (Å²) in [6, 6.07) is 16.4. The maximum Gasteiger partial charge on any atom is 0.260 e. The van der Waals surface area contributed by atoms with Gasteiger partial charge >= 0.3 is 0 Å². The van der Waals surface area contributed by atoms with E-state index >= 15 is 0 Å². The van der Waals surface area contributed by atoms with Crippen molar-refractivity contribution in [1.82, 2.24) is 15.1 Å². The Labute approximate surface area is 209 Å². The molecule has 0 spiro atoms. The molecule has 4 rings (SSSR count). The molecule has 0 bridgehead atoms. The van der Waals surface area contributed by atoms with Crippen LogP contribution < -0.4 is 14.4 Å². The van der Waals surface area contributed by atoms with Gasteiger partial charge in [-0.3, -0.25) is 4.79 Å². The summed E-state index contributed by atoms with van der Waals surface area (Å²) in [7, 11) is 0. The highest BCUT2D eigenvalue weighted by atomic mass is 35.5. The first-order chi connectivity index (χ1) is 16.5. The van der Waals surface area contributed by atoms with E-state index in [2.05, 4.69) is 22.0 Å². The number of nitrogens with zero attached hydrogens (tertiary/aromatic N) is 4. The maximum atomic E-state index is 12.6. The van der Waals surface area contributed by atoms with E-state index < -0.39 is 0 Å². The molecule has 0 unspecified atom stereocenters. The van der Waals surface area contributed by atoms with Crippen LogP contribution in [0.2, 0.25) is 10.0 Å². The number of benzene rings is 2. The normalized spacial score (nSPS) is 13.6. The van der Waals surface area contributed by atoms with Gasteiger partial charge in [-0.05, 0) is 61.0 Å². The zero-order valence-corrected chi connectivity index (χ0v) is 20.4. The minimum Gasteiger partial charge on any atom is -0.494 e. The van der Waals surface area contributed by atoms with Crippen LogP contribution in [0.3, 0.4) is 0 Å². The average molecular weight is 501 g/mol. The third kappa shape index (κ3) is 6.10. The first-order valence-electron chi connectivity index (χ1n) is 11.2. The lowest BCUT2D eigenvalue weighted by atomic mass is 10.1. The molecule has 1 fully saturated rings. The van der Waals surface area contributed by atoms with Crippen molar-refractivity contribution in [2.45, 2.75) is 13.3 Å². The van der Waals surface area contributed by atoms with Gasteiger partial charge in [-0.15, -0.1) is 10.2 Å². The van der Waals surface area contributed by atoms with Crippen LogP contribution in [0.25, 0.3) is 11.3 Å². The zero-order valence-electron chi connectivity index (χ0n) is 18.9. The van der Waals surface area contributed by atoms with E-state index in [1.165, 1.54) is 0 Å². The minimum atomic E-state index is -0.0372. The van der Waals surface area contributed by atoms with E-state index in [0.717, 1.165) is 23.6 Å². The fourth-order valence-electron chi connectivity index (χ4n) is 3.61. The Morgan fingerprint density at radius 3 is 2.24 bits per heavy atom. The van der Waals surface area contributed by atoms with Crippen LogP contribution in [0.4, 0.5) is 5.82 Å². The molecule has 0 N–H and O–H groups in total. The van der Waals surface area contributed by atoms with Gasteiger partial charge in [0.05, 0.1) is 17.3 Å². The van der Waals surface area contributed by atoms with E-state index in [1.54, 1.807) is 12.1 Å². The van der Waals surface area contributed by atoms with Crippen molar-refractivity contribution in [2.75, 3.05) is 44.3 Å². The minimum absolute atomic E-state index is 0.00547. The van der Waals surface area contributed by atoms with Crippen molar-refractivity contribution >= 4 is 34.9 Å². The van der Waals surface area contributed by atoms with Crippen molar-refractivity contribution in [3.8, 4) is 22.8 Å². The maximum absolute atomic E-state index is 12.6. The molecular weight excluding hydrogens is 475 g/mol. The third-order valence-corrected chi connectivity index (χ3v) is 6.02. The summed E-state index contributed by atoms with van der Waals surface area (Å²) in [5.74, 6) is 2.17. The SMILES string of the molecule is CCCOc1ccc(OCC(=O)N2CCN(c3ccc(-c4ccc(Cl)cc4Cl)nn3)CC2)cc1. The lowest BCUT2D eigenvalue weighted by Crippen LogP contribution is -2.50. The van der Waals surface area contributed by atoms with Gasteiger partial charge in [-0.2, -0.15) is 0 Å². The fraction of sp³-hybridized carbons (Fsp3) is 0.320. The molecule has 0 aliphatic carbocycles. The van der Waals surface area contributed by atoms with Crippen LogP contribution >= 0.6 is 23.2 Å². The summed E-state index contributed by atoms with van der Waals surface area (Å²) in [4.78, 5) is 16.5. The number of ether oxygens (including phenoxy) is 2. The molecule has 9 heteroatoms.